The van der Waals surface area contributed by atoms with Gasteiger partial charge in [-0.05, 0) is 0 Å². The molecule has 19 heavy (non-hydrogen) atoms. The minimum absolute atomic E-state index is 0.0143. The fourth-order valence-electron chi connectivity index (χ4n) is 1.76. The molecule has 0 aromatic carbocycles. The second-order valence-corrected chi connectivity index (χ2v) is 4.08. The molecule has 0 bridgehead atoms. The second-order valence-electron chi connectivity index (χ2n) is 4.08. The number of imide groups is 1. The number of hydrogen-bond donors (Lipinski definition) is 2. The molecular weight excluding hydrogens is 254 g/mol. The van der Waals surface area contributed by atoms with E-state index in [1.165, 1.54) is 7.05 Å². The molecule has 1 aliphatic heterocycles. The average Bonchev–Trinajstić information content (AvgIpc) is 2.56. The van der Waals surface area contributed by atoms with Crippen molar-refractivity contribution in [2.45, 2.75) is 12.5 Å². The molecule has 1 saturated heterocycles. The molecule has 2 heterocycles. The van der Waals surface area contributed by atoms with Gasteiger partial charge >= 0.3 is 0 Å². The molecule has 1 aromatic heterocycles. The number of amides is 2. The summed E-state index contributed by atoms with van der Waals surface area (Å²) in [5, 5.41) is 13.4. The van der Waals surface area contributed by atoms with Crippen molar-refractivity contribution in [3.8, 4) is 0 Å². The lowest BCUT2D eigenvalue weighted by atomic mass is 10.2. The van der Waals surface area contributed by atoms with Gasteiger partial charge in [-0.25, -0.2) is 4.98 Å². The third-order valence-corrected chi connectivity index (χ3v) is 2.74. The van der Waals surface area contributed by atoms with Gasteiger partial charge in [-0.3, -0.25) is 24.6 Å². The Morgan fingerprint density at radius 1 is 1.53 bits per heavy atom. The number of rotatable bonds is 3. The van der Waals surface area contributed by atoms with Crippen molar-refractivity contribution < 1.29 is 14.5 Å². The van der Waals surface area contributed by atoms with E-state index in [2.05, 4.69) is 10.3 Å². The molecule has 1 fully saturated rings. The van der Waals surface area contributed by atoms with Crippen LogP contribution in [0, 0.1) is 10.1 Å². The number of carbonyl (C=O) groups excluding carboxylic acids is 2. The van der Waals surface area contributed by atoms with Crippen molar-refractivity contribution in [2.75, 3.05) is 18.1 Å². The van der Waals surface area contributed by atoms with Gasteiger partial charge < -0.3 is 11.1 Å². The first-order chi connectivity index (χ1) is 8.88. The molecule has 0 aliphatic carbocycles. The molecule has 0 saturated carbocycles. The summed E-state index contributed by atoms with van der Waals surface area (Å²) in [4.78, 5) is 37.9. The number of carbonyl (C=O) groups is 2. The molecule has 1 atom stereocenters. The molecule has 1 aromatic rings. The van der Waals surface area contributed by atoms with Crippen molar-refractivity contribution >= 4 is 29.1 Å². The number of anilines is 2. The van der Waals surface area contributed by atoms with Crippen LogP contribution in [0.4, 0.5) is 17.3 Å². The molecule has 1 aliphatic rings. The van der Waals surface area contributed by atoms with Crippen LogP contribution >= 0.6 is 0 Å². The number of nitrogens with two attached hydrogens (primary N) is 1. The van der Waals surface area contributed by atoms with Gasteiger partial charge in [0.1, 0.15) is 17.7 Å². The number of hydrogen-bond acceptors (Lipinski definition) is 7. The zero-order chi connectivity index (χ0) is 14.2. The number of likely N-dealkylation sites (N-methyl/N-ethyl adjacent to an activating group) is 1. The van der Waals surface area contributed by atoms with Crippen molar-refractivity contribution in [3.05, 3.63) is 22.2 Å². The monoisotopic (exact) mass is 265 g/mol. The number of nitro groups is 1. The van der Waals surface area contributed by atoms with E-state index in [0.29, 0.717) is 0 Å². The highest BCUT2D eigenvalue weighted by atomic mass is 16.6. The molecule has 2 rings (SSSR count). The summed E-state index contributed by atoms with van der Waals surface area (Å²) in [6, 6.07) is 1.50. The van der Waals surface area contributed by atoms with Crippen LogP contribution < -0.4 is 11.1 Å². The summed E-state index contributed by atoms with van der Waals surface area (Å²) in [6.07, 6.45) is -0.0143. The molecule has 100 valence electrons. The summed E-state index contributed by atoms with van der Waals surface area (Å²) >= 11 is 0. The lowest BCUT2D eigenvalue weighted by Crippen LogP contribution is -2.32. The highest BCUT2D eigenvalue weighted by Gasteiger charge is 2.36. The Morgan fingerprint density at radius 2 is 2.21 bits per heavy atom. The van der Waals surface area contributed by atoms with Gasteiger partial charge in [0, 0.05) is 7.05 Å². The quantitative estimate of drug-likeness (QED) is 0.437. The van der Waals surface area contributed by atoms with E-state index in [4.69, 9.17) is 5.73 Å². The van der Waals surface area contributed by atoms with Gasteiger partial charge in [-0.2, -0.15) is 0 Å². The van der Waals surface area contributed by atoms with Gasteiger partial charge in [0.05, 0.1) is 23.5 Å². The highest BCUT2D eigenvalue weighted by Crippen LogP contribution is 2.21. The van der Waals surface area contributed by atoms with Gasteiger partial charge in [-0.15, -0.1) is 0 Å². The Labute approximate surface area is 107 Å². The zero-order valence-electron chi connectivity index (χ0n) is 9.99. The molecule has 9 nitrogen and oxygen atoms in total. The summed E-state index contributed by atoms with van der Waals surface area (Å²) in [5.41, 5.74) is 5.21. The predicted molar refractivity (Wildman–Crippen MR) is 65.1 cm³/mol. The summed E-state index contributed by atoms with van der Waals surface area (Å²) in [6.45, 7) is 0. The van der Waals surface area contributed by atoms with Crippen LogP contribution in [-0.4, -0.2) is 39.7 Å². The zero-order valence-corrected chi connectivity index (χ0v) is 9.99. The number of likely N-dealkylation sites (tertiary alicyclic amines) is 1. The van der Waals surface area contributed by atoms with Crippen LogP contribution in [0.1, 0.15) is 6.42 Å². The van der Waals surface area contributed by atoms with Crippen LogP contribution in [0.25, 0.3) is 0 Å². The van der Waals surface area contributed by atoms with Crippen LogP contribution in [0.5, 0.6) is 0 Å². The first-order valence-corrected chi connectivity index (χ1v) is 5.37. The van der Waals surface area contributed by atoms with Crippen molar-refractivity contribution in [3.63, 3.8) is 0 Å². The van der Waals surface area contributed by atoms with Crippen LogP contribution in [0.3, 0.4) is 0 Å². The summed E-state index contributed by atoms with van der Waals surface area (Å²) in [5.74, 6) is -0.673. The van der Waals surface area contributed by atoms with E-state index in [9.17, 15) is 19.7 Å². The first-order valence-electron chi connectivity index (χ1n) is 5.37. The number of pyridine rings is 1. The lowest BCUT2D eigenvalue weighted by Gasteiger charge is -2.11. The largest absolute Gasteiger partial charge is 0.383 e. The molecule has 0 spiro atoms. The first kappa shape index (κ1) is 12.7. The van der Waals surface area contributed by atoms with Gasteiger partial charge in [-0.1, -0.05) is 0 Å². The lowest BCUT2D eigenvalue weighted by molar-refractivity contribution is -0.384. The topological polar surface area (TPSA) is 131 Å². The minimum Gasteiger partial charge on any atom is -0.383 e. The Kier molecular flexibility index (Phi) is 3.03. The summed E-state index contributed by atoms with van der Waals surface area (Å²) in [7, 11) is 1.38. The Morgan fingerprint density at radius 3 is 2.74 bits per heavy atom. The fourth-order valence-corrected chi connectivity index (χ4v) is 1.76. The van der Waals surface area contributed by atoms with Crippen molar-refractivity contribution in [1.29, 1.82) is 0 Å². The van der Waals surface area contributed by atoms with E-state index < -0.39 is 16.9 Å². The Hall–Kier alpha value is -2.71. The van der Waals surface area contributed by atoms with Gasteiger partial charge in [0.15, 0.2) is 0 Å². The smallest absolute Gasteiger partial charge is 0.276 e. The van der Waals surface area contributed by atoms with E-state index in [-0.39, 0.29) is 29.7 Å². The molecule has 9 heteroatoms. The predicted octanol–water partition coefficient (Wildman–Crippen LogP) is -0.259. The summed E-state index contributed by atoms with van der Waals surface area (Å²) < 4.78 is 0. The molecule has 3 N–H and O–H groups in total. The Bertz CT molecular complexity index is 573. The van der Waals surface area contributed by atoms with Crippen LogP contribution in [0.2, 0.25) is 0 Å². The maximum Gasteiger partial charge on any atom is 0.276 e. The third-order valence-electron chi connectivity index (χ3n) is 2.74. The van der Waals surface area contributed by atoms with E-state index >= 15 is 0 Å². The SMILES string of the molecule is CN1C(=O)CC(Nc2cc([N+](=O)[O-])cc(N)n2)C1=O. The third kappa shape index (κ3) is 2.44. The van der Waals surface area contributed by atoms with Gasteiger partial charge in [0.25, 0.3) is 11.6 Å². The fraction of sp³-hybridized carbons (Fsp3) is 0.300. The highest BCUT2D eigenvalue weighted by molar-refractivity contribution is 6.06. The molecular formula is C10H11N5O4. The van der Waals surface area contributed by atoms with E-state index in [0.717, 1.165) is 17.0 Å². The Balaban J connectivity index is 2.22. The molecule has 1 unspecified atom stereocenters. The van der Waals surface area contributed by atoms with E-state index in [1.807, 2.05) is 0 Å². The van der Waals surface area contributed by atoms with Crippen molar-refractivity contribution in [1.82, 2.24) is 9.88 Å². The normalized spacial score (nSPS) is 18.8. The average molecular weight is 265 g/mol. The second kappa shape index (κ2) is 4.52. The van der Waals surface area contributed by atoms with Gasteiger partial charge in [0.2, 0.25) is 5.91 Å². The minimum atomic E-state index is -0.772. The maximum absolute atomic E-state index is 11.7. The number of nitrogen functional groups attached to an aromatic ring is 1. The number of aromatic nitrogens is 1. The molecule has 0 radical (unpaired) electrons. The van der Waals surface area contributed by atoms with E-state index in [1.54, 1.807) is 0 Å². The number of nitrogens with zero attached hydrogens (tertiary/aromatic N) is 3. The maximum atomic E-state index is 11.7. The van der Waals surface area contributed by atoms with Crippen molar-refractivity contribution in [2.24, 2.45) is 0 Å². The molecule has 2 amide bonds. The standard InChI is InChI=1S/C10H11N5O4/c1-14-9(16)4-6(10(14)17)12-8-3-5(15(18)19)2-7(11)13-8/h2-3,6H,4H2,1H3,(H3,11,12,13). The van der Waals surface area contributed by atoms with Crippen LogP contribution in [-0.2, 0) is 9.59 Å². The van der Waals surface area contributed by atoms with Crippen LogP contribution in [0.15, 0.2) is 12.1 Å². The number of nitrogens with one attached hydrogen (secondary N) is 1.